The van der Waals surface area contributed by atoms with Gasteiger partial charge in [-0.15, -0.1) is 15.3 Å². The minimum Gasteiger partial charge on any atom is -0.468 e. The van der Waals surface area contributed by atoms with Gasteiger partial charge in [0.15, 0.2) is 17.3 Å². The molecule has 0 saturated carbocycles. The fourth-order valence-corrected chi connectivity index (χ4v) is 2.53. The number of hydrogen-bond donors (Lipinski definition) is 1. The second kappa shape index (κ2) is 7.21. The number of ether oxygens (including phenoxy) is 1. The topological polar surface area (TPSA) is 103 Å². The van der Waals surface area contributed by atoms with E-state index in [9.17, 15) is 9.50 Å². The fourth-order valence-electron chi connectivity index (χ4n) is 2.53. The fraction of sp³-hybridized carbons (Fsp3) is 0.316. The summed E-state index contributed by atoms with van der Waals surface area (Å²) in [5, 5.41) is 26.4. The predicted octanol–water partition coefficient (Wildman–Crippen LogP) is 2.35. The smallest absolute Gasteiger partial charge is 0.238 e. The van der Waals surface area contributed by atoms with Gasteiger partial charge >= 0.3 is 0 Å². The van der Waals surface area contributed by atoms with Gasteiger partial charge in [0.1, 0.15) is 18.7 Å². The van der Waals surface area contributed by atoms with Crippen LogP contribution in [-0.4, -0.2) is 39.7 Å². The van der Waals surface area contributed by atoms with Crippen LogP contribution in [0.3, 0.4) is 0 Å². The van der Waals surface area contributed by atoms with Gasteiger partial charge in [-0.25, -0.2) is 14.1 Å². The number of aryl methyl sites for hydroxylation is 1. The van der Waals surface area contributed by atoms with Crippen LogP contribution in [0, 0.1) is 5.82 Å². The lowest BCUT2D eigenvalue weighted by molar-refractivity contribution is 0.0729. The third-order valence-corrected chi connectivity index (χ3v) is 3.86. The molecule has 0 unspecified atom stereocenters. The zero-order valence-electron chi connectivity index (χ0n) is 24.8. The third kappa shape index (κ3) is 3.54. The molecule has 0 amide bonds. The van der Waals surface area contributed by atoms with Crippen molar-refractivity contribution in [1.29, 1.82) is 0 Å². The molecule has 0 spiro atoms. The molecule has 0 atom stereocenters. The van der Waals surface area contributed by atoms with Crippen molar-refractivity contribution >= 4 is 5.65 Å². The number of nitrogens with zero attached hydrogens (tertiary/aromatic N) is 7. The van der Waals surface area contributed by atoms with Crippen LogP contribution in [0.1, 0.15) is 45.7 Å². The van der Waals surface area contributed by atoms with Crippen molar-refractivity contribution in [3.63, 3.8) is 0 Å². The largest absolute Gasteiger partial charge is 0.468 e. The molecule has 0 aliphatic rings. The maximum Gasteiger partial charge on any atom is 0.238 e. The summed E-state index contributed by atoms with van der Waals surface area (Å²) in [4.78, 5) is 3.69. The Hall–Kier alpha value is -3.40. The van der Waals surface area contributed by atoms with E-state index in [0.29, 0.717) is 4.68 Å². The highest BCUT2D eigenvalue weighted by molar-refractivity contribution is 5.60. The van der Waals surface area contributed by atoms with Crippen molar-refractivity contribution in [1.82, 2.24) is 34.6 Å². The predicted molar refractivity (Wildman–Crippen MR) is 101 cm³/mol. The Morgan fingerprint density at radius 3 is 2.90 bits per heavy atom. The van der Waals surface area contributed by atoms with Gasteiger partial charge in [-0.1, -0.05) is 12.1 Å². The van der Waals surface area contributed by atoms with E-state index in [1.54, 1.807) is 0 Å². The Morgan fingerprint density at radius 1 is 1.31 bits per heavy atom. The van der Waals surface area contributed by atoms with E-state index >= 15 is 0 Å². The molecule has 1 aromatic carbocycles. The number of rotatable bonds is 6. The number of aliphatic hydroxyl groups is 1. The molecular weight excluding hydrogens is 377 g/mol. The monoisotopic (exact) mass is 407 g/mol. The Labute approximate surface area is 179 Å². The van der Waals surface area contributed by atoms with Gasteiger partial charge < -0.3 is 9.84 Å². The highest BCUT2D eigenvalue weighted by Crippen LogP contribution is 2.31. The Bertz CT molecular complexity index is 1510. The molecule has 150 valence electrons. The average Bonchev–Trinajstić information content (AvgIpc) is 3.44. The Balaban J connectivity index is 2.02. The van der Waals surface area contributed by atoms with Crippen molar-refractivity contribution in [2.24, 2.45) is 0 Å². The molecule has 0 bridgehead atoms. The van der Waals surface area contributed by atoms with Crippen LogP contribution >= 0.6 is 0 Å². The normalized spacial score (nSPS) is 18.9. The number of halogens is 1. The molecule has 4 aromatic rings. The van der Waals surface area contributed by atoms with Gasteiger partial charge in [-0.05, 0) is 38.8 Å². The summed E-state index contributed by atoms with van der Waals surface area (Å²) in [6, 6.07) is 6.12. The van der Waals surface area contributed by atoms with Gasteiger partial charge in [-0.2, -0.15) is 9.61 Å². The second-order valence-electron chi connectivity index (χ2n) is 5.77. The molecule has 0 fully saturated rings. The van der Waals surface area contributed by atoms with E-state index in [4.69, 9.17) is 18.4 Å². The van der Waals surface area contributed by atoms with Gasteiger partial charge in [-0.3, -0.25) is 0 Å². The Kier molecular flexibility index (Phi) is 2.58. The summed E-state index contributed by atoms with van der Waals surface area (Å²) in [6.07, 6.45) is 0.840. The molecule has 4 rings (SSSR count). The summed E-state index contributed by atoms with van der Waals surface area (Å²) in [5.41, 5.74) is -5.09. The second-order valence-corrected chi connectivity index (χ2v) is 5.77. The molecule has 0 radical (unpaired) electrons. The van der Waals surface area contributed by atoms with E-state index < -0.39 is 55.4 Å². The van der Waals surface area contributed by atoms with Crippen molar-refractivity contribution in [2.45, 2.75) is 39.3 Å². The molecule has 0 aliphatic carbocycles. The van der Waals surface area contributed by atoms with Crippen LogP contribution in [0.2, 0.25) is 0 Å². The first-order valence-corrected chi connectivity index (χ1v) is 8.13. The van der Waals surface area contributed by atoms with Gasteiger partial charge in [0.25, 0.3) is 0 Å². The summed E-state index contributed by atoms with van der Waals surface area (Å²) in [5.74, 6) is -2.76. The van der Waals surface area contributed by atoms with Crippen LogP contribution in [0.4, 0.5) is 4.39 Å². The van der Waals surface area contributed by atoms with Crippen molar-refractivity contribution < 1.29 is 27.9 Å². The first kappa shape index (κ1) is 10.4. The zero-order chi connectivity index (χ0) is 29.2. The quantitative estimate of drug-likeness (QED) is 0.523. The lowest BCUT2D eigenvalue weighted by Crippen LogP contribution is -2.20. The molecule has 3 aromatic heterocycles. The number of benzene rings is 1. The molecule has 0 aliphatic heterocycles. The van der Waals surface area contributed by atoms with Crippen LogP contribution < -0.4 is 4.74 Å². The lowest BCUT2D eigenvalue weighted by atomic mass is 10.0. The summed E-state index contributed by atoms with van der Waals surface area (Å²) in [6.45, 7) is -11.6. The highest BCUT2D eigenvalue weighted by Gasteiger charge is 2.26. The molecule has 29 heavy (non-hydrogen) atoms. The van der Waals surface area contributed by atoms with Gasteiger partial charge in [0.05, 0.1) is 22.2 Å². The van der Waals surface area contributed by atoms with Crippen molar-refractivity contribution in [3.8, 4) is 17.3 Å². The molecule has 3 heterocycles. The maximum atomic E-state index is 14.5. The van der Waals surface area contributed by atoms with Gasteiger partial charge in [0, 0.05) is 14.7 Å². The van der Waals surface area contributed by atoms with E-state index in [-0.39, 0.29) is 17.0 Å². The third-order valence-electron chi connectivity index (χ3n) is 3.86. The van der Waals surface area contributed by atoms with Crippen LogP contribution in [0.15, 0.2) is 36.7 Å². The van der Waals surface area contributed by atoms with Crippen molar-refractivity contribution in [2.75, 3.05) is 0 Å². The standard InChI is InChI=1S/C19H20FN7O2/c1-4-26-16(21-11-22-26)10-29-18-13(19(2,3)28)9-15-23-24-17(27(15)25-18)12-7-5-6-8-14(12)20/h5-9,11,28H,4,10H2,1-3H3/i2D3,3D3,4D2,10D2. The van der Waals surface area contributed by atoms with Gasteiger partial charge in [0.2, 0.25) is 5.88 Å². The molecular formula is C19H20FN7O2. The van der Waals surface area contributed by atoms with E-state index in [2.05, 4.69) is 25.4 Å². The van der Waals surface area contributed by atoms with Crippen LogP contribution in [-0.2, 0) is 18.7 Å². The summed E-state index contributed by atoms with van der Waals surface area (Å²) in [7, 11) is 0. The summed E-state index contributed by atoms with van der Waals surface area (Å²) >= 11 is 0. The lowest BCUT2D eigenvalue weighted by Gasteiger charge is -2.20. The number of aromatic nitrogens is 7. The number of hydrogen-bond acceptors (Lipinski definition) is 7. The highest BCUT2D eigenvalue weighted by atomic mass is 19.1. The first-order chi connectivity index (χ1) is 17.8. The molecule has 1 N–H and O–H groups in total. The van der Waals surface area contributed by atoms with Crippen LogP contribution in [0.5, 0.6) is 5.88 Å². The minimum absolute atomic E-state index is 0.111. The number of fused-ring (bicyclic) bond motifs is 1. The minimum atomic E-state index is -3.66. The van der Waals surface area contributed by atoms with Crippen LogP contribution in [0.25, 0.3) is 17.0 Å². The van der Waals surface area contributed by atoms with Crippen molar-refractivity contribution in [3.05, 3.63) is 53.9 Å². The van der Waals surface area contributed by atoms with E-state index in [1.807, 2.05) is 0 Å². The average molecular weight is 407 g/mol. The van der Waals surface area contributed by atoms with E-state index in [0.717, 1.165) is 29.9 Å². The Morgan fingerprint density at radius 2 is 2.14 bits per heavy atom. The maximum absolute atomic E-state index is 14.5. The van der Waals surface area contributed by atoms with E-state index in [1.165, 1.54) is 18.2 Å². The first-order valence-electron chi connectivity index (χ1n) is 13.1. The molecule has 0 saturated heterocycles. The molecule has 9 nitrogen and oxygen atoms in total. The summed E-state index contributed by atoms with van der Waals surface area (Å²) < 4.78 is 101. The SMILES string of the molecule is [2H]C([2H])(Oc1nn2c(-c3ccccc3F)nnc2cc1C(O)(C([2H])([2H])[2H])C([2H])([2H])[2H])c1ncnn1C([2H])([2H])C. The molecule has 10 heteroatoms. The zero-order valence-corrected chi connectivity index (χ0v) is 14.8.